The van der Waals surface area contributed by atoms with E-state index < -0.39 is 11.1 Å². The first-order valence-corrected chi connectivity index (χ1v) is 11.6. The number of H-pyrrole nitrogens is 1. The molecule has 1 aliphatic heterocycles. The van der Waals surface area contributed by atoms with Crippen molar-refractivity contribution in [2.45, 2.75) is 11.4 Å². The molecule has 33 heavy (non-hydrogen) atoms. The van der Waals surface area contributed by atoms with Crippen LogP contribution in [0.15, 0.2) is 60.0 Å². The fraction of sp³-hybridized carbons (Fsp3) is 0.304. The number of aromatic amines is 1. The summed E-state index contributed by atoms with van der Waals surface area (Å²) in [6.07, 6.45) is 3.24. The molecule has 174 valence electrons. The number of methoxy groups -OCH3 is 2. The largest absolute Gasteiger partial charge is 0.493 e. The predicted octanol–water partition coefficient (Wildman–Crippen LogP) is 2.42. The van der Waals surface area contributed by atoms with Gasteiger partial charge in [0.15, 0.2) is 16.5 Å². The molecule has 1 saturated heterocycles. The maximum Gasteiger partial charge on any atom is 0.259 e. The first-order valence-electron chi connectivity index (χ1n) is 10.5. The Labute approximate surface area is 194 Å². The van der Waals surface area contributed by atoms with E-state index >= 15 is 0 Å². The number of amides is 1. The van der Waals surface area contributed by atoms with Crippen LogP contribution in [-0.2, 0) is 22.3 Å². The molecule has 0 radical (unpaired) electrons. The zero-order valence-electron chi connectivity index (χ0n) is 18.5. The summed E-state index contributed by atoms with van der Waals surface area (Å²) < 4.78 is 28.2. The van der Waals surface area contributed by atoms with E-state index in [0.29, 0.717) is 41.8 Å². The Morgan fingerprint density at radius 3 is 2.39 bits per heavy atom. The lowest BCUT2D eigenvalue weighted by atomic mass is 10.1. The molecule has 0 bridgehead atoms. The number of hydrogen-bond donors (Lipinski definition) is 1. The number of aromatic nitrogens is 2. The second kappa shape index (κ2) is 10.4. The molecule has 10 heteroatoms. The molecule has 2 heterocycles. The lowest BCUT2D eigenvalue weighted by molar-refractivity contribution is -0.130. The third-order valence-corrected chi connectivity index (χ3v) is 6.39. The lowest BCUT2D eigenvalue weighted by Crippen LogP contribution is -2.49. The van der Waals surface area contributed by atoms with E-state index in [-0.39, 0.29) is 5.91 Å². The molecule has 1 atom stereocenters. The van der Waals surface area contributed by atoms with Crippen molar-refractivity contribution in [3.05, 3.63) is 60.6 Å². The van der Waals surface area contributed by atoms with E-state index in [9.17, 15) is 9.00 Å². The Balaban J connectivity index is 1.29. The second-order valence-corrected chi connectivity index (χ2v) is 8.54. The normalized spacial score (nSPS) is 14.6. The zero-order chi connectivity index (χ0) is 23.2. The number of imidazole rings is 1. The number of benzene rings is 2. The summed E-state index contributed by atoms with van der Waals surface area (Å²) in [6.45, 7) is 2.76. The summed E-state index contributed by atoms with van der Waals surface area (Å²) in [4.78, 5) is 23.5. The molecule has 4 rings (SSSR count). The molecular formula is C23H26N4O5S. The summed E-state index contributed by atoms with van der Waals surface area (Å²) in [5.74, 6) is 1.86. The first kappa shape index (κ1) is 22.7. The molecule has 0 aliphatic carbocycles. The van der Waals surface area contributed by atoms with E-state index in [1.165, 1.54) is 12.5 Å². The fourth-order valence-electron chi connectivity index (χ4n) is 3.67. The second-order valence-electron chi connectivity index (χ2n) is 7.46. The number of rotatable bonds is 8. The van der Waals surface area contributed by atoms with Crippen LogP contribution in [0.25, 0.3) is 0 Å². The molecule has 0 spiro atoms. The molecule has 3 aromatic rings. The number of nitrogens with one attached hydrogen (secondary N) is 1. The monoisotopic (exact) mass is 470 g/mol. The van der Waals surface area contributed by atoms with Gasteiger partial charge in [0.25, 0.3) is 11.1 Å². The van der Waals surface area contributed by atoms with Gasteiger partial charge in [0.1, 0.15) is 5.75 Å². The van der Waals surface area contributed by atoms with Gasteiger partial charge >= 0.3 is 0 Å². The number of ether oxygens (including phenoxy) is 2. The van der Waals surface area contributed by atoms with Gasteiger partial charge in [0.05, 0.1) is 33.2 Å². The summed E-state index contributed by atoms with van der Waals surface area (Å²) in [7, 11) is 3.17. The van der Waals surface area contributed by atoms with Crippen molar-refractivity contribution in [3.8, 4) is 17.2 Å². The highest BCUT2D eigenvalue weighted by molar-refractivity contribution is 7.80. The van der Waals surface area contributed by atoms with Gasteiger partial charge in [0.2, 0.25) is 5.91 Å². The average Bonchev–Trinajstić information content (AvgIpc) is 3.40. The van der Waals surface area contributed by atoms with Gasteiger partial charge in [-0.05, 0) is 42.0 Å². The number of nitrogens with zero attached hydrogens (tertiary/aromatic N) is 3. The third-order valence-electron chi connectivity index (χ3n) is 5.46. The summed E-state index contributed by atoms with van der Waals surface area (Å²) >= 11 is -1.64. The molecule has 9 nitrogen and oxygen atoms in total. The van der Waals surface area contributed by atoms with Crippen LogP contribution in [0.2, 0.25) is 0 Å². The summed E-state index contributed by atoms with van der Waals surface area (Å²) in [5.41, 5.74) is 1.92. The minimum absolute atomic E-state index is 0.0897. The van der Waals surface area contributed by atoms with Gasteiger partial charge in [-0.1, -0.05) is 6.07 Å². The Hall–Kier alpha value is -3.53. The zero-order valence-corrected chi connectivity index (χ0v) is 19.3. The van der Waals surface area contributed by atoms with Crippen molar-refractivity contribution in [1.82, 2.24) is 14.9 Å². The van der Waals surface area contributed by atoms with Crippen molar-refractivity contribution in [1.29, 1.82) is 0 Å². The molecule has 1 aliphatic rings. The minimum Gasteiger partial charge on any atom is -0.493 e. The molecule has 1 aromatic heterocycles. The standard InChI is InChI=1S/C23H26N4O5S/c1-30-20-8-3-17(13-21(20)31-2)14-23(28)27-11-9-26(10-12-27)18-4-6-19(7-5-18)32-33(29)22-15-24-16-25-22/h3-8,13,15-16H,9-12,14H2,1-2H3,(H,24,25). The van der Waals surface area contributed by atoms with Crippen molar-refractivity contribution >= 4 is 22.7 Å². The SMILES string of the molecule is COc1ccc(CC(=O)N2CCN(c3ccc(OS(=O)c4cnc[nH]4)cc3)CC2)cc1OC. The molecule has 2 aromatic carbocycles. The number of carbonyl (C=O) groups is 1. The average molecular weight is 471 g/mol. The van der Waals surface area contributed by atoms with Crippen LogP contribution >= 0.6 is 0 Å². The van der Waals surface area contributed by atoms with Gasteiger partial charge in [-0.15, -0.1) is 0 Å². The lowest BCUT2D eigenvalue weighted by Gasteiger charge is -2.36. The third kappa shape index (κ3) is 5.46. The van der Waals surface area contributed by atoms with E-state index in [2.05, 4.69) is 14.9 Å². The van der Waals surface area contributed by atoms with Crippen molar-refractivity contribution in [3.63, 3.8) is 0 Å². The molecule has 1 amide bonds. The highest BCUT2D eigenvalue weighted by atomic mass is 32.2. The minimum atomic E-state index is -1.64. The maximum absolute atomic E-state index is 12.8. The number of hydrogen-bond acceptors (Lipinski definition) is 7. The Morgan fingerprint density at radius 1 is 1.03 bits per heavy atom. The molecule has 1 fully saturated rings. The number of piperazine rings is 1. The predicted molar refractivity (Wildman–Crippen MR) is 124 cm³/mol. The van der Waals surface area contributed by atoms with Crippen LogP contribution in [0.5, 0.6) is 17.2 Å². The van der Waals surface area contributed by atoms with Crippen LogP contribution < -0.4 is 18.6 Å². The Morgan fingerprint density at radius 2 is 1.76 bits per heavy atom. The maximum atomic E-state index is 12.8. The quantitative estimate of drug-likeness (QED) is 0.540. The highest BCUT2D eigenvalue weighted by Crippen LogP contribution is 2.28. The number of anilines is 1. The van der Waals surface area contributed by atoms with Crippen molar-refractivity contribution in [2.24, 2.45) is 0 Å². The van der Waals surface area contributed by atoms with Gasteiger partial charge < -0.3 is 28.4 Å². The fourth-order valence-corrected chi connectivity index (χ4v) is 4.34. The van der Waals surface area contributed by atoms with Crippen LogP contribution in [0, 0.1) is 0 Å². The number of carbonyl (C=O) groups excluding carboxylic acids is 1. The van der Waals surface area contributed by atoms with E-state index in [0.717, 1.165) is 24.3 Å². The van der Waals surface area contributed by atoms with Crippen LogP contribution in [0.3, 0.4) is 0 Å². The molecular weight excluding hydrogens is 444 g/mol. The van der Waals surface area contributed by atoms with Gasteiger partial charge in [-0.2, -0.15) is 0 Å². The van der Waals surface area contributed by atoms with Crippen LogP contribution in [0.4, 0.5) is 5.69 Å². The molecule has 1 N–H and O–H groups in total. The highest BCUT2D eigenvalue weighted by Gasteiger charge is 2.22. The van der Waals surface area contributed by atoms with Crippen molar-refractivity contribution < 1.29 is 22.7 Å². The summed E-state index contributed by atoms with van der Waals surface area (Å²) in [5, 5.41) is 0.410. The van der Waals surface area contributed by atoms with Crippen LogP contribution in [0.1, 0.15) is 5.56 Å². The van der Waals surface area contributed by atoms with E-state index in [1.54, 1.807) is 26.4 Å². The van der Waals surface area contributed by atoms with E-state index in [4.69, 9.17) is 13.7 Å². The van der Waals surface area contributed by atoms with Crippen LogP contribution in [-0.4, -0.2) is 65.4 Å². The topological polar surface area (TPSA) is 97.0 Å². The molecule has 1 unspecified atom stereocenters. The van der Waals surface area contributed by atoms with E-state index in [1.807, 2.05) is 35.2 Å². The van der Waals surface area contributed by atoms with Gasteiger partial charge in [-0.25, -0.2) is 9.19 Å². The smallest absolute Gasteiger partial charge is 0.259 e. The van der Waals surface area contributed by atoms with Gasteiger partial charge in [0, 0.05) is 31.9 Å². The van der Waals surface area contributed by atoms with Crippen molar-refractivity contribution in [2.75, 3.05) is 45.3 Å². The summed E-state index contributed by atoms with van der Waals surface area (Å²) in [6, 6.07) is 13.0. The Bertz CT molecular complexity index is 1100. The first-order chi connectivity index (χ1) is 16.1. The Kier molecular flexibility index (Phi) is 7.13. The molecule has 0 saturated carbocycles. The van der Waals surface area contributed by atoms with Gasteiger partial charge in [-0.3, -0.25) is 4.79 Å².